The Labute approximate surface area is 284 Å². The van der Waals surface area contributed by atoms with Gasteiger partial charge in [0.1, 0.15) is 0 Å². The highest BCUT2D eigenvalue weighted by Gasteiger charge is 2.58. The highest BCUT2D eigenvalue weighted by molar-refractivity contribution is 6.09. The van der Waals surface area contributed by atoms with Gasteiger partial charge in [0.15, 0.2) is 11.3 Å². The summed E-state index contributed by atoms with van der Waals surface area (Å²) in [5.74, 6) is 1.54. The molecule has 0 N–H and O–H groups in total. The summed E-state index contributed by atoms with van der Waals surface area (Å²) >= 11 is 0. The van der Waals surface area contributed by atoms with Crippen molar-refractivity contribution in [3.63, 3.8) is 0 Å². The molecular weight excluding hydrogens is 599 g/mol. The van der Waals surface area contributed by atoms with Gasteiger partial charge in [0.05, 0.1) is 22.9 Å². The number of fused-ring (bicyclic) bond motifs is 5. The summed E-state index contributed by atoms with van der Waals surface area (Å²) in [6, 6.07) is 41.3. The average Bonchev–Trinajstić information content (AvgIpc) is 3.48. The van der Waals surface area contributed by atoms with Crippen molar-refractivity contribution < 1.29 is 0 Å². The van der Waals surface area contributed by atoms with Crippen LogP contribution in [0.1, 0.15) is 49.7 Å². The highest BCUT2D eigenvalue weighted by Crippen LogP contribution is 2.66. The topological polar surface area (TPSA) is 56.5 Å². The van der Waals surface area contributed by atoms with Crippen LogP contribution >= 0.6 is 0 Å². The standard InChI is InChI=1S/C44H35N5/c1-3-10-39-36(8-1)37-9-2-4-11-40(37)49(39)35-7-5-6-33(21-35)43-22-28-18-29(23-43)25-44(24-28,27-43)34-15-14-30-12-13-31(19-32(30)20-34)38-26-47-41-42(48-38)46-17-16-45-41/h1-17,19-21,26,28-29H,18,22-25,27H2. The Balaban J connectivity index is 1.00. The molecule has 4 aliphatic rings. The quantitative estimate of drug-likeness (QED) is 0.194. The van der Waals surface area contributed by atoms with Crippen LogP contribution < -0.4 is 0 Å². The predicted molar refractivity (Wildman–Crippen MR) is 197 cm³/mol. The monoisotopic (exact) mass is 633 g/mol. The van der Waals surface area contributed by atoms with Crippen molar-refractivity contribution in [3.05, 3.63) is 139 Å². The van der Waals surface area contributed by atoms with E-state index in [2.05, 4.69) is 129 Å². The molecule has 4 bridgehead atoms. The first-order valence-corrected chi connectivity index (χ1v) is 17.7. The number of aromatic nitrogens is 5. The van der Waals surface area contributed by atoms with Gasteiger partial charge in [-0.3, -0.25) is 0 Å². The molecule has 2 unspecified atom stereocenters. The maximum Gasteiger partial charge on any atom is 0.198 e. The second-order valence-corrected chi connectivity index (χ2v) is 15.2. The van der Waals surface area contributed by atoms with E-state index >= 15 is 0 Å². The van der Waals surface area contributed by atoms with Gasteiger partial charge in [-0.15, -0.1) is 0 Å². The molecule has 3 heterocycles. The maximum absolute atomic E-state index is 4.79. The first-order valence-electron chi connectivity index (χ1n) is 17.7. The van der Waals surface area contributed by atoms with Gasteiger partial charge in [-0.25, -0.2) is 19.9 Å². The van der Waals surface area contributed by atoms with Gasteiger partial charge in [0.2, 0.25) is 0 Å². The Hall–Kier alpha value is -5.42. The number of nitrogens with zero attached hydrogens (tertiary/aromatic N) is 5. The van der Waals surface area contributed by atoms with Crippen molar-refractivity contribution in [1.29, 1.82) is 0 Å². The van der Waals surface area contributed by atoms with E-state index in [9.17, 15) is 0 Å². The van der Waals surface area contributed by atoms with Crippen LogP contribution in [0.2, 0.25) is 0 Å². The molecule has 0 spiro atoms. The van der Waals surface area contributed by atoms with Crippen LogP contribution in [0, 0.1) is 11.8 Å². The first-order chi connectivity index (χ1) is 24.1. The Kier molecular flexibility index (Phi) is 5.65. The molecule has 3 aromatic heterocycles. The van der Waals surface area contributed by atoms with Crippen molar-refractivity contribution in [2.45, 2.75) is 49.4 Å². The first kappa shape index (κ1) is 27.5. The summed E-state index contributed by atoms with van der Waals surface area (Å²) < 4.78 is 2.48. The number of para-hydroxylation sites is 2. The van der Waals surface area contributed by atoms with Crippen molar-refractivity contribution in [2.24, 2.45) is 11.8 Å². The number of hydrogen-bond donors (Lipinski definition) is 0. The van der Waals surface area contributed by atoms with Crippen molar-refractivity contribution >= 4 is 43.9 Å². The van der Waals surface area contributed by atoms with Crippen molar-refractivity contribution in [1.82, 2.24) is 24.5 Å². The van der Waals surface area contributed by atoms with Crippen LogP contribution in [-0.4, -0.2) is 24.5 Å². The van der Waals surface area contributed by atoms with Crippen LogP contribution in [0.4, 0.5) is 0 Å². The predicted octanol–water partition coefficient (Wildman–Crippen LogP) is 10.1. The van der Waals surface area contributed by atoms with Gasteiger partial charge < -0.3 is 4.57 Å². The molecule has 4 aliphatic carbocycles. The van der Waals surface area contributed by atoms with Gasteiger partial charge in [-0.1, -0.05) is 78.9 Å². The fourth-order valence-corrected chi connectivity index (χ4v) is 10.7. The van der Waals surface area contributed by atoms with E-state index in [4.69, 9.17) is 4.98 Å². The van der Waals surface area contributed by atoms with Gasteiger partial charge in [0.25, 0.3) is 0 Å². The van der Waals surface area contributed by atoms with Gasteiger partial charge in [-0.05, 0) is 113 Å². The smallest absolute Gasteiger partial charge is 0.198 e. The lowest BCUT2D eigenvalue weighted by Gasteiger charge is -2.63. The van der Waals surface area contributed by atoms with Gasteiger partial charge >= 0.3 is 0 Å². The molecule has 0 saturated heterocycles. The lowest BCUT2D eigenvalue weighted by atomic mass is 9.41. The lowest BCUT2D eigenvalue weighted by Crippen LogP contribution is -2.55. The highest BCUT2D eigenvalue weighted by atomic mass is 15.0. The minimum atomic E-state index is 0.204. The molecule has 0 aliphatic heterocycles. The molecule has 5 nitrogen and oxygen atoms in total. The number of rotatable bonds is 4. The summed E-state index contributed by atoms with van der Waals surface area (Å²) in [4.78, 5) is 18.0. The van der Waals surface area contributed by atoms with Crippen LogP contribution in [-0.2, 0) is 10.8 Å². The average molecular weight is 634 g/mol. The van der Waals surface area contributed by atoms with Crippen molar-refractivity contribution in [3.8, 4) is 16.9 Å². The zero-order chi connectivity index (χ0) is 32.2. The summed E-state index contributed by atoms with van der Waals surface area (Å²) in [6.45, 7) is 0. The van der Waals surface area contributed by atoms with Gasteiger partial charge in [0, 0.05) is 34.4 Å². The zero-order valence-electron chi connectivity index (χ0n) is 27.3. The molecule has 2 atom stereocenters. The molecule has 0 radical (unpaired) electrons. The Bertz CT molecular complexity index is 2550. The van der Waals surface area contributed by atoms with E-state index in [-0.39, 0.29) is 10.8 Å². The molecule has 236 valence electrons. The van der Waals surface area contributed by atoms with E-state index in [1.165, 1.54) is 87.9 Å². The molecule has 4 fully saturated rings. The molecule has 0 amide bonds. The molecule has 49 heavy (non-hydrogen) atoms. The second kappa shape index (κ2) is 10.1. The third-order valence-corrected chi connectivity index (χ3v) is 12.3. The minimum absolute atomic E-state index is 0.204. The lowest BCUT2D eigenvalue weighted by molar-refractivity contribution is -0.0280. The summed E-state index contributed by atoms with van der Waals surface area (Å²) in [6.07, 6.45) is 13.0. The van der Waals surface area contributed by atoms with E-state index in [0.29, 0.717) is 11.3 Å². The van der Waals surface area contributed by atoms with Crippen LogP contribution in [0.5, 0.6) is 0 Å². The SMILES string of the molecule is c1cc(-n2c3ccccc3c3ccccc32)cc(C23CC4CC(C2)CC(c2ccc5ccc(-c6cnc7nccnc7n6)cc5c2)(C4)C3)c1. The zero-order valence-corrected chi connectivity index (χ0v) is 27.3. The summed E-state index contributed by atoms with van der Waals surface area (Å²) in [5, 5.41) is 5.17. The largest absolute Gasteiger partial charge is 0.309 e. The molecule has 12 rings (SSSR count). The van der Waals surface area contributed by atoms with E-state index in [1.807, 2.05) is 6.20 Å². The Morgan fingerprint density at radius 2 is 1.24 bits per heavy atom. The maximum atomic E-state index is 4.79. The Morgan fingerprint density at radius 3 is 2.00 bits per heavy atom. The molecule has 4 saturated carbocycles. The number of hydrogen-bond acceptors (Lipinski definition) is 4. The number of benzene rings is 5. The Morgan fingerprint density at radius 1 is 0.571 bits per heavy atom. The summed E-state index contributed by atoms with van der Waals surface area (Å²) in [5.41, 5.74) is 10.3. The van der Waals surface area contributed by atoms with E-state index in [0.717, 1.165) is 23.1 Å². The molecular formula is C44H35N5. The fraction of sp³-hybridized carbons (Fsp3) is 0.227. The van der Waals surface area contributed by atoms with Crippen LogP contribution in [0.3, 0.4) is 0 Å². The van der Waals surface area contributed by atoms with Crippen molar-refractivity contribution in [2.75, 3.05) is 0 Å². The second-order valence-electron chi connectivity index (χ2n) is 15.2. The van der Waals surface area contributed by atoms with Gasteiger partial charge in [-0.2, -0.15) is 0 Å². The molecule has 5 aromatic carbocycles. The van der Waals surface area contributed by atoms with E-state index in [1.54, 1.807) is 12.4 Å². The van der Waals surface area contributed by atoms with E-state index < -0.39 is 0 Å². The van der Waals surface area contributed by atoms with Crippen LogP contribution in [0.25, 0.3) is 60.8 Å². The van der Waals surface area contributed by atoms with Crippen LogP contribution in [0.15, 0.2) is 128 Å². The third-order valence-electron chi connectivity index (χ3n) is 12.3. The summed E-state index contributed by atoms with van der Waals surface area (Å²) in [7, 11) is 0. The normalized spacial score (nSPS) is 24.4. The molecule has 8 aromatic rings. The minimum Gasteiger partial charge on any atom is -0.309 e. The fourth-order valence-electron chi connectivity index (χ4n) is 10.7. The molecule has 5 heteroatoms. The third kappa shape index (κ3) is 4.11.